The van der Waals surface area contributed by atoms with E-state index in [1.807, 2.05) is 7.05 Å². The third-order valence-electron chi connectivity index (χ3n) is 4.57. The Balaban J connectivity index is 2.80. The Kier molecular flexibility index (Phi) is 4.00. The second-order valence-corrected chi connectivity index (χ2v) is 5.81. The van der Waals surface area contributed by atoms with Crippen LogP contribution in [0.2, 0.25) is 0 Å². The molecule has 0 radical (unpaired) electrons. The highest BCUT2D eigenvalue weighted by Crippen LogP contribution is 2.34. The van der Waals surface area contributed by atoms with E-state index in [4.69, 9.17) is 0 Å². The number of hydrogen-bond acceptors (Lipinski definition) is 2. The third-order valence-corrected chi connectivity index (χ3v) is 4.57. The summed E-state index contributed by atoms with van der Waals surface area (Å²) in [6, 6.07) is 0.398. The number of nitrogens with zero attached hydrogens (tertiary/aromatic N) is 1. The van der Waals surface area contributed by atoms with Crippen LogP contribution in [-0.2, 0) is 4.79 Å². The van der Waals surface area contributed by atoms with Gasteiger partial charge in [0.05, 0.1) is 0 Å². The summed E-state index contributed by atoms with van der Waals surface area (Å²) >= 11 is 0. The van der Waals surface area contributed by atoms with Gasteiger partial charge in [0.2, 0.25) is 0 Å². The Morgan fingerprint density at radius 2 is 1.88 bits per heavy atom. The quantitative estimate of drug-likeness (QED) is 0.805. The normalized spacial score (nSPS) is 31.8. The lowest BCUT2D eigenvalue weighted by Crippen LogP contribution is -2.55. The minimum absolute atomic E-state index is 0.398. The first kappa shape index (κ1) is 13.5. The van der Waals surface area contributed by atoms with Gasteiger partial charge >= 0.3 is 5.97 Å². The van der Waals surface area contributed by atoms with Crippen molar-refractivity contribution in [2.45, 2.75) is 58.5 Å². The maximum Gasteiger partial charge on any atom is 0.323 e. The van der Waals surface area contributed by atoms with Gasteiger partial charge in [0.15, 0.2) is 0 Å². The summed E-state index contributed by atoms with van der Waals surface area (Å²) in [6.07, 6.45) is 3.62. The van der Waals surface area contributed by atoms with Gasteiger partial charge in [0.25, 0.3) is 0 Å². The predicted molar refractivity (Wildman–Crippen MR) is 65.4 cm³/mol. The van der Waals surface area contributed by atoms with Crippen LogP contribution in [0, 0.1) is 11.8 Å². The van der Waals surface area contributed by atoms with Gasteiger partial charge in [-0.05, 0) is 39.2 Å². The van der Waals surface area contributed by atoms with Crippen LogP contribution in [0.4, 0.5) is 0 Å². The van der Waals surface area contributed by atoms with Gasteiger partial charge in [0, 0.05) is 6.04 Å². The van der Waals surface area contributed by atoms with Gasteiger partial charge in [-0.3, -0.25) is 9.69 Å². The predicted octanol–water partition coefficient (Wildman–Crippen LogP) is 2.61. The third kappa shape index (κ3) is 2.40. The van der Waals surface area contributed by atoms with Crippen molar-refractivity contribution in [3.05, 3.63) is 0 Å². The Labute approximate surface area is 98.8 Å². The number of carbonyl (C=O) groups is 1. The first-order valence-electron chi connectivity index (χ1n) is 6.24. The summed E-state index contributed by atoms with van der Waals surface area (Å²) in [6.45, 7) is 8.12. The highest BCUT2D eigenvalue weighted by atomic mass is 16.4. The van der Waals surface area contributed by atoms with Crippen LogP contribution < -0.4 is 0 Å². The van der Waals surface area contributed by atoms with Crippen LogP contribution in [-0.4, -0.2) is 34.6 Å². The number of likely N-dealkylation sites (N-methyl/N-ethyl adjacent to an activating group) is 1. The molecule has 16 heavy (non-hydrogen) atoms. The molecule has 1 aliphatic carbocycles. The molecule has 0 spiro atoms. The van der Waals surface area contributed by atoms with Crippen molar-refractivity contribution in [3.8, 4) is 0 Å². The molecule has 0 saturated heterocycles. The van der Waals surface area contributed by atoms with E-state index in [9.17, 15) is 9.90 Å². The standard InChI is InChI=1S/C13H25NO2/c1-9-7-6-8-11(10(9)2)14(5)13(3,4)12(15)16/h9-11H,6-8H2,1-5H3,(H,15,16). The van der Waals surface area contributed by atoms with E-state index < -0.39 is 11.5 Å². The van der Waals surface area contributed by atoms with E-state index >= 15 is 0 Å². The molecule has 0 aromatic rings. The molecule has 0 aromatic heterocycles. The minimum atomic E-state index is -0.768. The van der Waals surface area contributed by atoms with E-state index in [-0.39, 0.29) is 0 Å². The largest absolute Gasteiger partial charge is 0.480 e. The Morgan fingerprint density at radius 3 is 2.38 bits per heavy atom. The van der Waals surface area contributed by atoms with Crippen LogP contribution in [0.15, 0.2) is 0 Å². The van der Waals surface area contributed by atoms with Crippen molar-refractivity contribution in [1.29, 1.82) is 0 Å². The fourth-order valence-corrected chi connectivity index (χ4v) is 2.67. The highest BCUT2D eigenvalue weighted by Gasteiger charge is 2.40. The van der Waals surface area contributed by atoms with Gasteiger partial charge in [-0.2, -0.15) is 0 Å². The molecule has 1 saturated carbocycles. The van der Waals surface area contributed by atoms with E-state index in [2.05, 4.69) is 18.7 Å². The van der Waals surface area contributed by atoms with Crippen LogP contribution >= 0.6 is 0 Å². The molecular formula is C13H25NO2. The Morgan fingerprint density at radius 1 is 1.31 bits per heavy atom. The first-order chi connectivity index (χ1) is 7.28. The second-order valence-electron chi connectivity index (χ2n) is 5.81. The van der Waals surface area contributed by atoms with Crippen LogP contribution in [0.25, 0.3) is 0 Å². The average molecular weight is 227 g/mol. The van der Waals surface area contributed by atoms with E-state index in [0.717, 1.165) is 6.42 Å². The van der Waals surface area contributed by atoms with Gasteiger partial charge < -0.3 is 5.11 Å². The summed E-state index contributed by atoms with van der Waals surface area (Å²) in [7, 11) is 1.95. The fourth-order valence-electron chi connectivity index (χ4n) is 2.67. The second kappa shape index (κ2) is 4.74. The van der Waals surface area contributed by atoms with E-state index in [1.54, 1.807) is 13.8 Å². The molecule has 3 nitrogen and oxygen atoms in total. The number of rotatable bonds is 3. The summed E-state index contributed by atoms with van der Waals surface area (Å²) in [5.41, 5.74) is -0.768. The molecule has 1 rings (SSSR count). The molecule has 0 aliphatic heterocycles. The average Bonchev–Trinajstić information content (AvgIpc) is 2.21. The van der Waals surface area contributed by atoms with E-state index in [1.165, 1.54) is 12.8 Å². The van der Waals surface area contributed by atoms with Crippen molar-refractivity contribution in [2.75, 3.05) is 7.05 Å². The van der Waals surface area contributed by atoms with Crippen LogP contribution in [0.5, 0.6) is 0 Å². The lowest BCUT2D eigenvalue weighted by molar-refractivity contribution is -0.151. The summed E-state index contributed by atoms with van der Waals surface area (Å²) in [5.74, 6) is 0.545. The molecule has 3 heteroatoms. The molecule has 0 amide bonds. The number of hydrogen-bond donors (Lipinski definition) is 1. The van der Waals surface area contributed by atoms with Crippen molar-refractivity contribution >= 4 is 5.97 Å². The van der Waals surface area contributed by atoms with Crippen molar-refractivity contribution in [1.82, 2.24) is 4.90 Å². The molecule has 0 aromatic carbocycles. The molecule has 0 bridgehead atoms. The number of carboxylic acids is 1. The van der Waals surface area contributed by atoms with Crippen LogP contribution in [0.3, 0.4) is 0 Å². The summed E-state index contributed by atoms with van der Waals surface area (Å²) in [5, 5.41) is 9.25. The van der Waals surface area contributed by atoms with Gasteiger partial charge in [-0.15, -0.1) is 0 Å². The maximum absolute atomic E-state index is 11.3. The number of carboxylic acid groups (broad SMARTS) is 1. The molecule has 94 valence electrons. The zero-order chi connectivity index (χ0) is 12.5. The molecule has 3 atom stereocenters. The molecule has 3 unspecified atom stereocenters. The monoisotopic (exact) mass is 227 g/mol. The molecule has 1 aliphatic rings. The van der Waals surface area contributed by atoms with Gasteiger partial charge in [-0.25, -0.2) is 0 Å². The van der Waals surface area contributed by atoms with Crippen molar-refractivity contribution < 1.29 is 9.90 Å². The number of aliphatic carboxylic acids is 1. The zero-order valence-corrected chi connectivity index (χ0v) is 11.2. The lowest BCUT2D eigenvalue weighted by atomic mass is 9.76. The SMILES string of the molecule is CC1CCCC(N(C)C(C)(C)C(=O)O)C1C. The van der Waals surface area contributed by atoms with Crippen LogP contribution in [0.1, 0.15) is 47.0 Å². The van der Waals surface area contributed by atoms with Crippen molar-refractivity contribution in [3.63, 3.8) is 0 Å². The molecule has 0 heterocycles. The maximum atomic E-state index is 11.3. The van der Waals surface area contributed by atoms with E-state index in [0.29, 0.717) is 17.9 Å². The fraction of sp³-hybridized carbons (Fsp3) is 0.923. The minimum Gasteiger partial charge on any atom is -0.480 e. The molecule has 1 fully saturated rings. The topological polar surface area (TPSA) is 40.5 Å². The lowest BCUT2D eigenvalue weighted by Gasteiger charge is -2.45. The Bertz CT molecular complexity index is 263. The Hall–Kier alpha value is -0.570. The molecule has 1 N–H and O–H groups in total. The van der Waals surface area contributed by atoms with Crippen molar-refractivity contribution in [2.24, 2.45) is 11.8 Å². The smallest absolute Gasteiger partial charge is 0.323 e. The zero-order valence-electron chi connectivity index (χ0n) is 11.2. The summed E-state index contributed by atoms with van der Waals surface area (Å²) in [4.78, 5) is 13.3. The van der Waals surface area contributed by atoms with Gasteiger partial charge in [-0.1, -0.05) is 26.7 Å². The first-order valence-corrected chi connectivity index (χ1v) is 6.24. The highest BCUT2D eigenvalue weighted by molar-refractivity contribution is 5.77. The molecular weight excluding hydrogens is 202 g/mol. The van der Waals surface area contributed by atoms with Gasteiger partial charge in [0.1, 0.15) is 5.54 Å². The summed E-state index contributed by atoms with van der Waals surface area (Å²) < 4.78 is 0.